The van der Waals surface area contributed by atoms with Crippen LogP contribution in [0.3, 0.4) is 0 Å². The standard InChI is InChI=1S/C25H34N2O7S/c1-5-31-21-11-9-19(16-23(21)32-6-2)18(3)26-25(28)8-7-13-27(35(4,29)30)20-10-12-22-24(17-20)34-15-14-33-22/h9-12,16-18H,5-8,13-15H2,1-4H3,(H,26,28). The van der Waals surface area contributed by atoms with Gasteiger partial charge in [-0.25, -0.2) is 8.42 Å². The topological polar surface area (TPSA) is 103 Å². The minimum Gasteiger partial charge on any atom is -0.490 e. The number of ether oxygens (including phenoxy) is 4. The summed E-state index contributed by atoms with van der Waals surface area (Å²) in [5.74, 6) is 2.23. The van der Waals surface area contributed by atoms with Gasteiger partial charge in [0.2, 0.25) is 15.9 Å². The first kappa shape index (κ1) is 26.5. The molecule has 0 bridgehead atoms. The van der Waals surface area contributed by atoms with Gasteiger partial charge in [0.1, 0.15) is 13.2 Å². The Labute approximate surface area is 207 Å². The summed E-state index contributed by atoms with van der Waals surface area (Å²) in [6.07, 6.45) is 1.68. The van der Waals surface area contributed by atoms with Crippen molar-refractivity contribution in [1.82, 2.24) is 5.32 Å². The monoisotopic (exact) mass is 506 g/mol. The molecule has 35 heavy (non-hydrogen) atoms. The SMILES string of the molecule is CCOc1ccc(C(C)NC(=O)CCCN(c2ccc3c(c2)OCCO3)S(C)(=O)=O)cc1OCC. The fraction of sp³-hybridized carbons (Fsp3) is 0.480. The number of amides is 1. The highest BCUT2D eigenvalue weighted by Crippen LogP contribution is 2.35. The molecule has 2 aromatic carbocycles. The number of fused-ring (bicyclic) bond motifs is 1. The summed E-state index contributed by atoms with van der Waals surface area (Å²) in [4.78, 5) is 12.6. The number of hydrogen-bond acceptors (Lipinski definition) is 7. The molecule has 1 aliphatic heterocycles. The smallest absolute Gasteiger partial charge is 0.232 e. The highest BCUT2D eigenvalue weighted by molar-refractivity contribution is 7.92. The minimum atomic E-state index is -3.55. The number of benzene rings is 2. The lowest BCUT2D eigenvalue weighted by molar-refractivity contribution is -0.121. The zero-order valence-corrected chi connectivity index (χ0v) is 21.5. The second-order valence-corrected chi connectivity index (χ2v) is 10.0. The Morgan fingerprint density at radius 3 is 2.40 bits per heavy atom. The summed E-state index contributed by atoms with van der Waals surface area (Å²) in [7, 11) is -3.55. The third-order valence-corrected chi connectivity index (χ3v) is 6.62. The predicted octanol–water partition coefficient (Wildman–Crippen LogP) is 3.68. The summed E-state index contributed by atoms with van der Waals surface area (Å²) in [6, 6.07) is 10.4. The first-order valence-corrected chi connectivity index (χ1v) is 13.6. The minimum absolute atomic E-state index is 0.165. The third-order valence-electron chi connectivity index (χ3n) is 5.42. The molecule has 0 saturated heterocycles. The van der Waals surface area contributed by atoms with Crippen LogP contribution in [0.4, 0.5) is 5.69 Å². The molecule has 0 spiro atoms. The average Bonchev–Trinajstić information content (AvgIpc) is 2.82. The van der Waals surface area contributed by atoms with Gasteiger partial charge in [-0.15, -0.1) is 0 Å². The Morgan fingerprint density at radius 2 is 1.71 bits per heavy atom. The van der Waals surface area contributed by atoms with Crippen molar-refractivity contribution in [2.45, 2.75) is 39.7 Å². The van der Waals surface area contributed by atoms with Crippen molar-refractivity contribution >= 4 is 21.6 Å². The number of carbonyl (C=O) groups is 1. The summed E-state index contributed by atoms with van der Waals surface area (Å²) >= 11 is 0. The first-order chi connectivity index (χ1) is 16.7. The number of rotatable bonds is 12. The van der Waals surface area contributed by atoms with Crippen LogP contribution in [0.5, 0.6) is 23.0 Å². The van der Waals surface area contributed by atoms with E-state index in [0.717, 1.165) is 11.8 Å². The molecule has 3 rings (SSSR count). The summed E-state index contributed by atoms with van der Waals surface area (Å²) in [6.45, 7) is 7.77. The van der Waals surface area contributed by atoms with E-state index >= 15 is 0 Å². The van der Waals surface area contributed by atoms with Crippen LogP contribution in [-0.2, 0) is 14.8 Å². The number of nitrogens with one attached hydrogen (secondary N) is 1. The maximum Gasteiger partial charge on any atom is 0.232 e. The highest BCUT2D eigenvalue weighted by Gasteiger charge is 2.21. The van der Waals surface area contributed by atoms with Crippen LogP contribution in [0.15, 0.2) is 36.4 Å². The number of anilines is 1. The van der Waals surface area contributed by atoms with Crippen LogP contribution in [0.1, 0.15) is 45.2 Å². The average molecular weight is 507 g/mol. The van der Waals surface area contributed by atoms with Crippen molar-refractivity contribution in [2.75, 3.05) is 43.5 Å². The lowest BCUT2D eigenvalue weighted by Gasteiger charge is -2.25. The quantitative estimate of drug-likeness (QED) is 0.468. The second kappa shape index (κ2) is 12.0. The Kier molecular flexibility index (Phi) is 9.08. The third kappa shape index (κ3) is 7.17. The zero-order chi connectivity index (χ0) is 25.4. The van der Waals surface area contributed by atoms with Gasteiger partial charge in [-0.05, 0) is 57.0 Å². The van der Waals surface area contributed by atoms with Gasteiger partial charge in [0.05, 0.1) is 31.2 Å². The molecule has 2 aromatic rings. The summed E-state index contributed by atoms with van der Waals surface area (Å²) in [5, 5.41) is 2.97. The van der Waals surface area contributed by atoms with E-state index in [1.807, 2.05) is 39.0 Å². The maximum absolute atomic E-state index is 12.6. The van der Waals surface area contributed by atoms with Crippen LogP contribution in [0.25, 0.3) is 0 Å². The molecule has 1 heterocycles. The normalized spacial score (nSPS) is 13.6. The van der Waals surface area contributed by atoms with Crippen molar-refractivity contribution in [1.29, 1.82) is 0 Å². The number of sulfonamides is 1. The Bertz CT molecular complexity index is 1120. The molecule has 9 nitrogen and oxygen atoms in total. The number of nitrogens with zero attached hydrogens (tertiary/aromatic N) is 1. The van der Waals surface area contributed by atoms with Gasteiger partial charge in [0, 0.05) is 19.0 Å². The highest BCUT2D eigenvalue weighted by atomic mass is 32.2. The molecular formula is C25H34N2O7S. The molecule has 0 aromatic heterocycles. The second-order valence-electron chi connectivity index (χ2n) is 8.13. The van der Waals surface area contributed by atoms with Gasteiger partial charge >= 0.3 is 0 Å². The largest absolute Gasteiger partial charge is 0.490 e. The van der Waals surface area contributed by atoms with E-state index < -0.39 is 10.0 Å². The van der Waals surface area contributed by atoms with Gasteiger partial charge in [-0.2, -0.15) is 0 Å². The number of hydrogen-bond donors (Lipinski definition) is 1. The van der Waals surface area contributed by atoms with E-state index in [2.05, 4.69) is 5.32 Å². The molecule has 1 atom stereocenters. The lowest BCUT2D eigenvalue weighted by atomic mass is 10.1. The Balaban J connectivity index is 1.59. The Morgan fingerprint density at radius 1 is 1.03 bits per heavy atom. The van der Waals surface area contributed by atoms with Crippen molar-refractivity contribution in [2.24, 2.45) is 0 Å². The van der Waals surface area contributed by atoms with Crippen molar-refractivity contribution in [3.63, 3.8) is 0 Å². The van der Waals surface area contributed by atoms with Crippen molar-refractivity contribution in [3.8, 4) is 23.0 Å². The lowest BCUT2D eigenvalue weighted by Crippen LogP contribution is -2.32. The van der Waals surface area contributed by atoms with Gasteiger partial charge < -0.3 is 24.3 Å². The molecule has 1 N–H and O–H groups in total. The van der Waals surface area contributed by atoms with E-state index in [9.17, 15) is 13.2 Å². The van der Waals surface area contributed by atoms with Crippen molar-refractivity contribution < 1.29 is 32.2 Å². The van der Waals surface area contributed by atoms with Crippen LogP contribution in [0, 0.1) is 0 Å². The molecule has 1 unspecified atom stereocenters. The predicted molar refractivity (Wildman–Crippen MR) is 134 cm³/mol. The van der Waals surface area contributed by atoms with E-state index in [4.69, 9.17) is 18.9 Å². The van der Waals surface area contributed by atoms with Gasteiger partial charge in [-0.1, -0.05) is 6.07 Å². The molecule has 1 aliphatic rings. The zero-order valence-electron chi connectivity index (χ0n) is 20.7. The summed E-state index contributed by atoms with van der Waals surface area (Å²) < 4.78 is 48.5. The fourth-order valence-electron chi connectivity index (χ4n) is 3.79. The van der Waals surface area contributed by atoms with Crippen LogP contribution in [0.2, 0.25) is 0 Å². The summed E-state index contributed by atoms with van der Waals surface area (Å²) in [5.41, 5.74) is 1.36. The van der Waals surface area contributed by atoms with E-state index in [1.54, 1.807) is 18.2 Å². The Hall–Kier alpha value is -3.14. The molecule has 0 aliphatic carbocycles. The first-order valence-electron chi connectivity index (χ1n) is 11.8. The molecule has 10 heteroatoms. The van der Waals surface area contributed by atoms with Gasteiger partial charge in [0.25, 0.3) is 0 Å². The molecular weight excluding hydrogens is 472 g/mol. The van der Waals surface area contributed by atoms with Gasteiger partial charge in [-0.3, -0.25) is 9.10 Å². The maximum atomic E-state index is 12.6. The van der Waals surface area contributed by atoms with E-state index in [-0.39, 0.29) is 24.9 Å². The molecule has 0 saturated carbocycles. The van der Waals surface area contributed by atoms with Crippen LogP contribution in [-0.4, -0.2) is 53.6 Å². The molecule has 0 radical (unpaired) electrons. The fourth-order valence-corrected chi connectivity index (χ4v) is 4.75. The van der Waals surface area contributed by atoms with E-state index in [1.165, 1.54) is 4.31 Å². The van der Waals surface area contributed by atoms with Crippen LogP contribution >= 0.6 is 0 Å². The van der Waals surface area contributed by atoms with Crippen LogP contribution < -0.4 is 28.6 Å². The molecule has 1 amide bonds. The molecule has 0 fully saturated rings. The molecule has 192 valence electrons. The van der Waals surface area contributed by atoms with Crippen molar-refractivity contribution in [3.05, 3.63) is 42.0 Å². The van der Waals surface area contributed by atoms with Gasteiger partial charge in [0.15, 0.2) is 23.0 Å². The number of carbonyl (C=O) groups excluding carboxylic acids is 1. The van der Waals surface area contributed by atoms with E-state index in [0.29, 0.717) is 61.5 Å².